The highest BCUT2D eigenvalue weighted by atomic mass is 16.6. The number of esters is 2. The molecule has 67 heavy (non-hydrogen) atoms. The van der Waals surface area contributed by atoms with Gasteiger partial charge in [0.2, 0.25) is 0 Å². The van der Waals surface area contributed by atoms with E-state index in [1.54, 1.807) is 20.8 Å². The molecule has 0 spiro atoms. The molecule has 4 N–H and O–H groups in total. The Balaban J connectivity index is 0.000000588. The molecule has 1 aliphatic rings. The summed E-state index contributed by atoms with van der Waals surface area (Å²) in [5.74, 6) is 0.741. The number of amides is 2. The van der Waals surface area contributed by atoms with Gasteiger partial charge in [0.1, 0.15) is 37.1 Å². The van der Waals surface area contributed by atoms with Crippen LogP contribution in [0.5, 0.6) is 0 Å². The van der Waals surface area contributed by atoms with Crippen LogP contribution in [0.1, 0.15) is 166 Å². The third-order valence-corrected chi connectivity index (χ3v) is 10.9. The quantitative estimate of drug-likeness (QED) is 0.0339. The number of aliphatic hydroxyl groups excluding tert-OH is 1. The van der Waals surface area contributed by atoms with Gasteiger partial charge < -0.3 is 39.8 Å². The second-order valence-corrected chi connectivity index (χ2v) is 20.2. The molecule has 6 atom stereocenters. The number of alkyl carbamates (subject to hydrolysis) is 2. The summed E-state index contributed by atoms with van der Waals surface area (Å²) < 4.78 is 28.8. The Kier molecular flexibility index (Phi) is 27.1. The van der Waals surface area contributed by atoms with Crippen LogP contribution >= 0.6 is 0 Å². The molecular formula is C54H86N2O11. The van der Waals surface area contributed by atoms with Crippen molar-refractivity contribution < 1.29 is 54.5 Å². The molecule has 0 aliphatic heterocycles. The van der Waals surface area contributed by atoms with Gasteiger partial charge in [0, 0.05) is 20.3 Å². The van der Waals surface area contributed by atoms with Crippen LogP contribution in [0, 0.1) is 29.6 Å². The van der Waals surface area contributed by atoms with Gasteiger partial charge in [0.25, 0.3) is 0 Å². The molecule has 2 aromatic rings. The lowest BCUT2D eigenvalue weighted by Crippen LogP contribution is -2.41. The van der Waals surface area contributed by atoms with Crippen LogP contribution in [-0.4, -0.2) is 83.9 Å². The Hall–Kier alpha value is -4.91. The van der Waals surface area contributed by atoms with E-state index in [1.165, 1.54) is 25.3 Å². The summed E-state index contributed by atoms with van der Waals surface area (Å²) in [5.41, 5.74) is 3.48. The van der Waals surface area contributed by atoms with Crippen LogP contribution in [0.25, 0.3) is 11.1 Å². The molecule has 3 rings (SSSR count). The van der Waals surface area contributed by atoms with E-state index in [0.717, 1.165) is 46.9 Å². The molecule has 0 aromatic heterocycles. The van der Waals surface area contributed by atoms with Gasteiger partial charge in [-0.25, -0.2) is 19.2 Å². The molecule has 13 heteroatoms. The Labute approximate surface area is 403 Å². The van der Waals surface area contributed by atoms with Crippen molar-refractivity contribution in [3.05, 3.63) is 72.3 Å². The maximum absolute atomic E-state index is 12.3. The van der Waals surface area contributed by atoms with E-state index < -0.39 is 48.0 Å². The number of benzene rings is 2. The highest BCUT2D eigenvalue weighted by Crippen LogP contribution is 2.44. The van der Waals surface area contributed by atoms with Gasteiger partial charge in [0.05, 0.1) is 0 Å². The zero-order chi connectivity index (χ0) is 51.6. The molecule has 1 aliphatic carbocycles. The third kappa shape index (κ3) is 26.9. The number of hydrogen-bond donors (Lipinski definition) is 4. The van der Waals surface area contributed by atoms with Crippen molar-refractivity contribution in [2.75, 3.05) is 26.4 Å². The minimum absolute atomic E-state index is 0.0988. The smallest absolute Gasteiger partial charge is 0.407 e. The largest absolute Gasteiger partial charge is 0.480 e. The molecule has 0 saturated carbocycles. The van der Waals surface area contributed by atoms with E-state index in [9.17, 15) is 29.1 Å². The average molecular weight is 941 g/mol. The van der Waals surface area contributed by atoms with Crippen LogP contribution in [0.4, 0.5) is 9.59 Å². The number of aliphatic hydroxyl groups is 1. The average Bonchev–Trinajstić information content (AvgIpc) is 3.56. The number of fused-ring (bicyclic) bond motifs is 3. The van der Waals surface area contributed by atoms with Crippen molar-refractivity contribution in [3.63, 3.8) is 0 Å². The van der Waals surface area contributed by atoms with Crippen LogP contribution in [0.3, 0.4) is 0 Å². The molecule has 0 saturated heterocycles. The lowest BCUT2D eigenvalue weighted by molar-refractivity contribution is -0.158. The van der Waals surface area contributed by atoms with Gasteiger partial charge in [0.15, 0.2) is 0 Å². The van der Waals surface area contributed by atoms with E-state index in [4.69, 9.17) is 25.4 Å². The maximum Gasteiger partial charge on any atom is 0.407 e. The molecule has 378 valence electrons. The van der Waals surface area contributed by atoms with Crippen molar-refractivity contribution in [1.82, 2.24) is 10.6 Å². The number of carboxylic acid groups (broad SMARTS) is 1. The number of hydrogen-bond acceptors (Lipinski definition) is 10. The topological polar surface area (TPSA) is 187 Å². The highest BCUT2D eigenvalue weighted by Gasteiger charge is 2.30. The van der Waals surface area contributed by atoms with Gasteiger partial charge in [-0.1, -0.05) is 116 Å². The summed E-state index contributed by atoms with van der Waals surface area (Å²) in [6, 6.07) is 14.9. The first-order valence-corrected chi connectivity index (χ1v) is 24.1. The molecule has 0 radical (unpaired) electrons. The van der Waals surface area contributed by atoms with Crippen molar-refractivity contribution in [3.8, 4) is 11.1 Å². The Morgan fingerprint density at radius 3 is 1.79 bits per heavy atom. The van der Waals surface area contributed by atoms with Gasteiger partial charge in [-0.3, -0.25) is 4.79 Å². The first-order valence-electron chi connectivity index (χ1n) is 24.7. The number of carboxylic acids is 1. The Bertz CT molecular complexity index is 1790. The van der Waals surface area contributed by atoms with E-state index >= 15 is 0 Å². The molecule has 0 bridgehead atoms. The first kappa shape index (κ1) is 58.2. The molecule has 0 fully saturated rings. The van der Waals surface area contributed by atoms with Gasteiger partial charge >= 0.3 is 30.1 Å². The molecule has 0 heterocycles. The molecule has 6 unspecified atom stereocenters. The van der Waals surface area contributed by atoms with Crippen LogP contribution in [-0.2, 0) is 33.3 Å². The minimum Gasteiger partial charge on any atom is -0.480 e. The van der Waals surface area contributed by atoms with Crippen LogP contribution in [0.2, 0.25) is 0 Å². The van der Waals surface area contributed by atoms with Gasteiger partial charge in [-0.15, -0.1) is 0 Å². The summed E-state index contributed by atoms with van der Waals surface area (Å²) >= 11 is 0. The van der Waals surface area contributed by atoms with E-state index in [0.29, 0.717) is 37.6 Å². The SMILES string of the molecule is C=CCOC(=O)NCCCCC(NC(=O)OCC1c2ccccc2-c2ccccc21)C(=O)O.CC(C)(C)OC(=O)CO.[3H]C(CC(CC(=O)OC(C)(C)C)CC(C)CC(C)CC(C)CC)C(C)C. The molecular weight excluding hydrogens is 853 g/mol. The molecule has 13 nitrogen and oxygen atoms in total. The van der Waals surface area contributed by atoms with E-state index in [-0.39, 0.29) is 43.8 Å². The molecule has 2 amide bonds. The van der Waals surface area contributed by atoms with E-state index in [1.807, 2.05) is 69.3 Å². The maximum atomic E-state index is 12.3. The summed E-state index contributed by atoms with van der Waals surface area (Å²) in [7, 11) is 0. The first-order chi connectivity index (χ1) is 31.8. The summed E-state index contributed by atoms with van der Waals surface area (Å²) in [4.78, 5) is 57.9. The number of carbonyl (C=O) groups is 5. The van der Waals surface area contributed by atoms with Crippen molar-refractivity contribution in [2.24, 2.45) is 29.6 Å². The van der Waals surface area contributed by atoms with Crippen molar-refractivity contribution >= 4 is 30.1 Å². The van der Waals surface area contributed by atoms with E-state index in [2.05, 4.69) is 58.8 Å². The third-order valence-electron chi connectivity index (χ3n) is 10.9. The molecule has 2 aromatic carbocycles. The fraction of sp³-hybridized carbons (Fsp3) is 0.648. The standard InChI is InChI=1S/C25H28N2O6.C23H46O2.C6H12O3/c1-2-15-32-24(30)26-14-8-7-13-22(23(28)29)27-25(31)33-16-21-19-11-5-3-9-17(19)18-10-4-6-12-20(18)21;1-10-18(4)13-19(5)14-20(6)15-21(12-11-17(2)3)16-22(24)25-23(7,8)9;1-6(2,3)9-5(8)4-7/h2-6,9-12,21-22H,1,7-8,13-16H2,(H,26,30)(H,27,31)(H,28,29);17-21H,10-16H2,1-9H3;7H,4H2,1-3H3/i;11T;. The number of nitrogens with one attached hydrogen (secondary N) is 2. The number of unbranched alkanes of at least 4 members (excludes halogenated alkanes) is 1. The van der Waals surface area contributed by atoms with Gasteiger partial charge in [-0.05, 0) is 138 Å². The monoisotopic (exact) mass is 941 g/mol. The van der Waals surface area contributed by atoms with Crippen LogP contribution < -0.4 is 10.6 Å². The van der Waals surface area contributed by atoms with Gasteiger partial charge in [-0.2, -0.15) is 0 Å². The lowest BCUT2D eigenvalue weighted by Gasteiger charge is -2.26. The number of aliphatic carboxylic acids is 1. The summed E-state index contributed by atoms with van der Waals surface area (Å²) in [6.45, 7) is 27.9. The highest BCUT2D eigenvalue weighted by molar-refractivity contribution is 5.81. The zero-order valence-electron chi connectivity index (χ0n) is 43.8. The second-order valence-electron chi connectivity index (χ2n) is 20.2. The number of ether oxygens (including phenoxy) is 4. The normalized spacial score (nSPS) is 14.9. The van der Waals surface area contributed by atoms with Crippen molar-refractivity contribution in [1.29, 1.82) is 0 Å². The minimum atomic E-state index is -1.14. The number of carbonyl (C=O) groups excluding carboxylic acids is 4. The second kappa shape index (κ2) is 31.2. The van der Waals surface area contributed by atoms with Crippen molar-refractivity contribution in [2.45, 2.75) is 170 Å². The predicted octanol–water partition coefficient (Wildman–Crippen LogP) is 11.6. The fourth-order valence-corrected chi connectivity index (χ4v) is 7.91. The van der Waals surface area contributed by atoms with Crippen LogP contribution in [0.15, 0.2) is 61.2 Å². The Morgan fingerprint density at radius 1 is 0.761 bits per heavy atom. The lowest BCUT2D eigenvalue weighted by atomic mass is 9.82. The summed E-state index contributed by atoms with van der Waals surface area (Å²) in [5, 5.41) is 22.7. The number of rotatable bonds is 24. The Morgan fingerprint density at radius 2 is 1.30 bits per heavy atom. The fourth-order valence-electron chi connectivity index (χ4n) is 7.91. The summed E-state index contributed by atoms with van der Waals surface area (Å²) in [6.07, 6.45) is 7.27. The zero-order valence-corrected chi connectivity index (χ0v) is 42.8. The predicted molar refractivity (Wildman–Crippen MR) is 266 cm³/mol.